The minimum absolute atomic E-state index is 0.0192. The van der Waals surface area contributed by atoms with Crippen molar-refractivity contribution in [2.45, 2.75) is 48.7 Å². The van der Waals surface area contributed by atoms with Gasteiger partial charge in [0, 0.05) is 4.90 Å². The largest absolute Gasteiger partial charge is 0.244 e. The van der Waals surface area contributed by atoms with E-state index in [0.717, 1.165) is 17.0 Å². The highest BCUT2D eigenvalue weighted by atomic mass is 32.2. The number of nitrogens with zero attached hydrogens (tertiary/aromatic N) is 1. The molecule has 0 radical (unpaired) electrons. The molecular weight excluding hydrogens is 342 g/mol. The minimum Gasteiger partial charge on any atom is -0.244 e. The maximum atomic E-state index is 14.3. The van der Waals surface area contributed by atoms with E-state index in [2.05, 4.69) is 45.3 Å². The van der Waals surface area contributed by atoms with Crippen LogP contribution in [0, 0.1) is 6.92 Å². The van der Waals surface area contributed by atoms with Crippen molar-refractivity contribution in [3.8, 4) is 0 Å². The van der Waals surface area contributed by atoms with Crippen LogP contribution < -0.4 is 0 Å². The van der Waals surface area contributed by atoms with E-state index in [1.54, 1.807) is 0 Å². The fourth-order valence-corrected chi connectivity index (χ4v) is 10.5. The average Bonchev–Trinajstić information content (AvgIpc) is 2.55. The quantitative estimate of drug-likeness (QED) is 0.475. The summed E-state index contributed by atoms with van der Waals surface area (Å²) in [6.45, 7) is 13.1. The normalized spacial score (nSPS) is 25.8. The highest BCUT2D eigenvalue weighted by Gasteiger charge is 2.44. The predicted molar refractivity (Wildman–Crippen MR) is 111 cm³/mol. The lowest BCUT2D eigenvalue weighted by Crippen LogP contribution is -2.44. The van der Waals surface area contributed by atoms with Gasteiger partial charge >= 0.3 is 0 Å². The molecule has 0 saturated carbocycles. The second kappa shape index (κ2) is 6.58. The first-order valence-corrected chi connectivity index (χ1v) is 14.0. The van der Waals surface area contributed by atoms with E-state index in [-0.39, 0.29) is 5.25 Å². The summed E-state index contributed by atoms with van der Waals surface area (Å²) in [4.78, 5) is 0.850. The Hall–Kier alpha value is -1.65. The van der Waals surface area contributed by atoms with E-state index in [1.165, 1.54) is 11.1 Å². The van der Waals surface area contributed by atoms with Crippen LogP contribution in [0.5, 0.6) is 0 Å². The number of allylic oxidation sites excluding steroid dienone is 1. The molecule has 132 valence electrons. The van der Waals surface area contributed by atoms with Gasteiger partial charge in [-0.05, 0) is 42.6 Å². The Morgan fingerprint density at radius 2 is 1.76 bits per heavy atom. The molecule has 0 N–H and O–H groups in total. The lowest BCUT2D eigenvalue weighted by atomic mass is 10.0. The van der Waals surface area contributed by atoms with Gasteiger partial charge in [-0.1, -0.05) is 61.6 Å². The van der Waals surface area contributed by atoms with Crippen molar-refractivity contribution in [2.75, 3.05) is 0 Å². The molecule has 3 atom stereocenters. The number of benzene rings is 2. The first-order chi connectivity index (χ1) is 11.8. The summed E-state index contributed by atoms with van der Waals surface area (Å²) in [7, 11) is -4.17. The highest BCUT2D eigenvalue weighted by molar-refractivity contribution is 7.94. The van der Waals surface area contributed by atoms with Crippen LogP contribution in [0.25, 0.3) is 0 Å². The zero-order valence-electron chi connectivity index (χ0n) is 15.5. The second-order valence-corrected chi connectivity index (χ2v) is 15.7. The molecule has 4 heteroatoms. The first-order valence-electron chi connectivity index (χ1n) is 8.80. The van der Waals surface area contributed by atoms with Gasteiger partial charge < -0.3 is 0 Å². The van der Waals surface area contributed by atoms with Crippen LogP contribution in [0.2, 0.25) is 19.6 Å². The van der Waals surface area contributed by atoms with E-state index in [9.17, 15) is 4.21 Å². The Kier molecular flexibility index (Phi) is 4.77. The van der Waals surface area contributed by atoms with Crippen molar-refractivity contribution >= 4 is 23.5 Å². The van der Waals surface area contributed by atoms with Crippen molar-refractivity contribution in [1.29, 1.82) is 0 Å². The second-order valence-electron chi connectivity index (χ2n) is 7.94. The van der Waals surface area contributed by atoms with E-state index in [1.807, 2.05) is 42.5 Å². The Morgan fingerprint density at radius 3 is 2.36 bits per heavy atom. The van der Waals surface area contributed by atoms with Gasteiger partial charge in [0.15, 0.2) is 0 Å². The Morgan fingerprint density at radius 1 is 1.12 bits per heavy atom. The Bertz CT molecular complexity index is 902. The molecule has 2 aromatic rings. The van der Waals surface area contributed by atoms with E-state index in [0.29, 0.717) is 5.54 Å². The molecule has 25 heavy (non-hydrogen) atoms. The summed E-state index contributed by atoms with van der Waals surface area (Å²) >= 11 is 0. The average molecular weight is 370 g/mol. The topological polar surface area (TPSA) is 29.4 Å². The van der Waals surface area contributed by atoms with Crippen LogP contribution in [0.3, 0.4) is 0 Å². The van der Waals surface area contributed by atoms with Crippen molar-refractivity contribution in [1.82, 2.24) is 0 Å². The number of rotatable bonds is 4. The van der Waals surface area contributed by atoms with Crippen LogP contribution in [0.1, 0.15) is 23.1 Å². The molecule has 2 aromatic carbocycles. The smallest absolute Gasteiger partial charge is 0.0836 e. The van der Waals surface area contributed by atoms with Gasteiger partial charge in [0.25, 0.3) is 0 Å². The molecule has 0 spiro atoms. The summed E-state index contributed by atoms with van der Waals surface area (Å²) in [6, 6.07) is 16.3. The third-order valence-corrected chi connectivity index (χ3v) is 10.5. The molecule has 1 aliphatic rings. The van der Waals surface area contributed by atoms with Gasteiger partial charge in [0.05, 0.1) is 28.7 Å². The van der Waals surface area contributed by atoms with Crippen LogP contribution in [-0.4, -0.2) is 17.5 Å². The van der Waals surface area contributed by atoms with Crippen molar-refractivity contribution in [2.24, 2.45) is 4.36 Å². The highest BCUT2D eigenvalue weighted by Crippen LogP contribution is 2.47. The van der Waals surface area contributed by atoms with Gasteiger partial charge in [0.1, 0.15) is 0 Å². The standard InChI is InChI=1S/C21H27NOSSi/c1-6-9-20-21(25(3,4)5)18-10-7-8-11-19(18)22-24(20,23)17-14-12-16(2)13-15-17/h6-8,10-15,20-21H,1,9H2,2-5H3/t20-,21-,24?/m1/s1. The number of fused-ring (bicyclic) bond motifs is 1. The third-order valence-electron chi connectivity index (χ3n) is 4.98. The van der Waals surface area contributed by atoms with Crippen LogP contribution in [-0.2, 0) is 9.73 Å². The van der Waals surface area contributed by atoms with Crippen molar-refractivity contribution < 1.29 is 4.21 Å². The molecule has 3 rings (SSSR count). The Labute approximate surface area is 153 Å². The predicted octanol–water partition coefficient (Wildman–Crippen LogP) is 6.07. The number of hydrogen-bond donors (Lipinski definition) is 0. The summed E-state index contributed by atoms with van der Waals surface area (Å²) < 4.78 is 19.1. The van der Waals surface area contributed by atoms with Crippen molar-refractivity contribution in [3.05, 3.63) is 72.3 Å². The monoisotopic (exact) mass is 369 g/mol. The van der Waals surface area contributed by atoms with Gasteiger partial charge in [-0.25, -0.2) is 4.21 Å². The molecular formula is C21H27NOSSi. The summed E-state index contributed by atoms with van der Waals surface area (Å²) in [6.07, 6.45) is 2.63. The van der Waals surface area contributed by atoms with Gasteiger partial charge in [-0.15, -0.1) is 6.58 Å². The summed E-state index contributed by atoms with van der Waals surface area (Å²) in [5.74, 6) is 0. The number of aryl methyl sites for hydroxylation is 1. The molecule has 0 amide bonds. The maximum absolute atomic E-state index is 14.3. The van der Waals surface area contributed by atoms with Gasteiger partial charge in [-0.2, -0.15) is 4.36 Å². The molecule has 1 heterocycles. The van der Waals surface area contributed by atoms with Crippen LogP contribution in [0.4, 0.5) is 5.69 Å². The number of hydrogen-bond acceptors (Lipinski definition) is 2. The molecule has 0 saturated heterocycles. The fraction of sp³-hybridized carbons (Fsp3) is 0.333. The fourth-order valence-electron chi connectivity index (χ4n) is 3.85. The molecule has 0 aliphatic carbocycles. The van der Waals surface area contributed by atoms with Gasteiger partial charge in [0.2, 0.25) is 0 Å². The molecule has 1 aliphatic heterocycles. The summed E-state index contributed by atoms with van der Waals surface area (Å²) in [5.41, 5.74) is 3.64. The van der Waals surface area contributed by atoms with Crippen LogP contribution >= 0.6 is 0 Å². The molecule has 2 nitrogen and oxygen atoms in total. The molecule has 0 bridgehead atoms. The lowest BCUT2D eigenvalue weighted by Gasteiger charge is -2.40. The summed E-state index contributed by atoms with van der Waals surface area (Å²) in [5, 5.41) is -0.0192. The SMILES string of the molecule is C=CC[C@@H]1[C@H]([Si](C)(C)C)c2ccccc2N=S1(=O)c1ccc(C)cc1. The van der Waals surface area contributed by atoms with Crippen LogP contribution in [0.15, 0.2) is 70.4 Å². The van der Waals surface area contributed by atoms with E-state index < -0.39 is 17.8 Å². The van der Waals surface area contributed by atoms with E-state index in [4.69, 9.17) is 4.36 Å². The zero-order valence-corrected chi connectivity index (χ0v) is 17.3. The van der Waals surface area contributed by atoms with Crippen molar-refractivity contribution in [3.63, 3.8) is 0 Å². The zero-order chi connectivity index (χ0) is 18.2. The molecule has 1 unspecified atom stereocenters. The molecule has 0 fully saturated rings. The third kappa shape index (κ3) is 3.25. The van der Waals surface area contributed by atoms with Gasteiger partial charge in [-0.3, -0.25) is 0 Å². The molecule has 0 aromatic heterocycles. The lowest BCUT2D eigenvalue weighted by molar-refractivity contribution is 0.648. The minimum atomic E-state index is -2.55. The van der Waals surface area contributed by atoms with E-state index >= 15 is 0 Å². The Balaban J connectivity index is 2.32. The first kappa shape index (κ1) is 18.1. The maximum Gasteiger partial charge on any atom is 0.0836 e.